The molecule has 4 nitrogen and oxygen atoms in total. The van der Waals surface area contributed by atoms with Crippen LogP contribution in [0.2, 0.25) is 0 Å². The average Bonchev–Trinajstić information content (AvgIpc) is 2.65. The smallest absolute Gasteiger partial charge is 0.371 e. The first-order chi connectivity index (χ1) is 12.3. The number of rotatable bonds is 6. The molecule has 1 fully saturated rings. The van der Waals surface area contributed by atoms with Gasteiger partial charge in [-0.3, -0.25) is 0 Å². The Morgan fingerprint density at radius 2 is 1.56 bits per heavy atom. The molecule has 1 aliphatic heterocycles. The minimum atomic E-state index is -0.0902. The van der Waals surface area contributed by atoms with Crippen molar-refractivity contribution in [1.82, 2.24) is 0 Å². The van der Waals surface area contributed by atoms with Crippen LogP contribution < -0.4 is 9.80 Å². The molecule has 4 heteroatoms. The summed E-state index contributed by atoms with van der Waals surface area (Å²) in [5.41, 5.74) is 2.60. The summed E-state index contributed by atoms with van der Waals surface area (Å²) >= 11 is 0. The van der Waals surface area contributed by atoms with Gasteiger partial charge in [0.05, 0.1) is 6.61 Å². The van der Waals surface area contributed by atoms with Crippen molar-refractivity contribution in [3.05, 3.63) is 71.8 Å². The van der Waals surface area contributed by atoms with Crippen molar-refractivity contribution in [2.75, 3.05) is 26.2 Å². The molecule has 1 heterocycles. The third-order valence-corrected chi connectivity index (χ3v) is 4.93. The normalized spacial score (nSPS) is 23.2. The highest BCUT2D eigenvalue weighted by Crippen LogP contribution is 1.98. The molecule has 0 aliphatic carbocycles. The molecule has 2 unspecified atom stereocenters. The quantitative estimate of drug-likeness (QED) is 0.732. The number of quaternary nitrogens is 2. The Labute approximate surface area is 150 Å². The number of carbonyl (C=O) groups is 1. The van der Waals surface area contributed by atoms with Crippen LogP contribution in [0.15, 0.2) is 60.7 Å². The summed E-state index contributed by atoms with van der Waals surface area (Å²) in [6.07, 6.45) is 0. The highest BCUT2D eigenvalue weighted by atomic mass is 16.5. The van der Waals surface area contributed by atoms with Gasteiger partial charge in [0.15, 0.2) is 0 Å². The largest absolute Gasteiger partial charge is 0.461 e. The van der Waals surface area contributed by atoms with E-state index in [1.54, 1.807) is 0 Å². The van der Waals surface area contributed by atoms with Gasteiger partial charge in [-0.1, -0.05) is 60.7 Å². The maximum absolute atomic E-state index is 12.5. The van der Waals surface area contributed by atoms with E-state index < -0.39 is 0 Å². The molecule has 2 aromatic carbocycles. The van der Waals surface area contributed by atoms with Gasteiger partial charge in [-0.05, 0) is 6.92 Å². The van der Waals surface area contributed by atoms with Gasteiger partial charge in [-0.2, -0.15) is 0 Å². The van der Waals surface area contributed by atoms with Crippen molar-refractivity contribution in [2.24, 2.45) is 0 Å². The minimum Gasteiger partial charge on any atom is -0.461 e. The molecule has 0 radical (unpaired) electrons. The Balaban J connectivity index is 1.68. The molecule has 0 amide bonds. The monoisotopic (exact) mass is 340 g/mol. The molecule has 0 bridgehead atoms. The number of piperazine rings is 1. The highest BCUT2D eigenvalue weighted by Gasteiger charge is 2.39. The van der Waals surface area contributed by atoms with E-state index in [4.69, 9.17) is 4.74 Å². The minimum absolute atomic E-state index is 0.0568. The average molecular weight is 340 g/mol. The second kappa shape index (κ2) is 8.79. The summed E-state index contributed by atoms with van der Waals surface area (Å²) in [5, 5.41) is 0. The van der Waals surface area contributed by atoms with E-state index in [2.05, 4.69) is 48.5 Å². The number of esters is 1. The van der Waals surface area contributed by atoms with E-state index in [-0.39, 0.29) is 12.0 Å². The summed E-state index contributed by atoms with van der Waals surface area (Å²) in [6, 6.07) is 20.9. The molecule has 0 aromatic heterocycles. The molecule has 3 atom stereocenters. The predicted octanol–water partition coefficient (Wildman–Crippen LogP) is 0.102. The first-order valence-electron chi connectivity index (χ1n) is 9.19. The van der Waals surface area contributed by atoms with E-state index in [1.807, 2.05) is 19.1 Å². The van der Waals surface area contributed by atoms with Gasteiger partial charge in [-0.25, -0.2) is 4.79 Å². The van der Waals surface area contributed by atoms with Gasteiger partial charge in [0.25, 0.3) is 0 Å². The van der Waals surface area contributed by atoms with Crippen molar-refractivity contribution >= 4 is 5.97 Å². The molecule has 25 heavy (non-hydrogen) atoms. The highest BCUT2D eigenvalue weighted by molar-refractivity contribution is 5.74. The van der Waals surface area contributed by atoms with Gasteiger partial charge in [0.1, 0.15) is 32.7 Å². The van der Waals surface area contributed by atoms with Crippen LogP contribution in [0, 0.1) is 0 Å². The van der Waals surface area contributed by atoms with Gasteiger partial charge < -0.3 is 14.5 Å². The Bertz CT molecular complexity index is 660. The lowest BCUT2D eigenvalue weighted by molar-refractivity contribution is -1.04. The third kappa shape index (κ3) is 4.91. The zero-order valence-electron chi connectivity index (χ0n) is 14.9. The summed E-state index contributed by atoms with van der Waals surface area (Å²) < 4.78 is 5.37. The van der Waals surface area contributed by atoms with E-state index in [0.29, 0.717) is 6.61 Å². The van der Waals surface area contributed by atoms with Crippen LogP contribution >= 0.6 is 0 Å². The Hall–Kier alpha value is -2.17. The molecular weight excluding hydrogens is 312 g/mol. The van der Waals surface area contributed by atoms with Crippen LogP contribution in [0.4, 0.5) is 0 Å². The zero-order chi connectivity index (χ0) is 17.5. The molecule has 3 rings (SSSR count). The van der Waals surface area contributed by atoms with Crippen molar-refractivity contribution < 1.29 is 19.3 Å². The summed E-state index contributed by atoms with van der Waals surface area (Å²) in [4.78, 5) is 15.3. The Morgan fingerprint density at radius 3 is 2.16 bits per heavy atom. The van der Waals surface area contributed by atoms with Crippen LogP contribution in [-0.2, 0) is 22.6 Å². The van der Waals surface area contributed by atoms with E-state index in [1.165, 1.54) is 20.9 Å². The lowest BCUT2D eigenvalue weighted by atomic mass is 10.1. The molecular formula is C21H28N2O2+2. The fourth-order valence-corrected chi connectivity index (χ4v) is 3.65. The van der Waals surface area contributed by atoms with Gasteiger partial charge in [-0.15, -0.1) is 0 Å². The molecule has 2 aromatic rings. The number of hydrogen-bond acceptors (Lipinski definition) is 2. The maximum atomic E-state index is 12.5. The van der Waals surface area contributed by atoms with E-state index in [9.17, 15) is 4.79 Å². The standard InChI is InChI=1S/C21H26N2O2/c1-2-25-21(24)20-17-22(15-18-9-5-3-6-10-18)13-14-23(20)16-19-11-7-4-8-12-19/h3-12,20H,2,13-17H2,1H3/p+2/t20-/m1/s1. The molecule has 1 aliphatic rings. The lowest BCUT2D eigenvalue weighted by Gasteiger charge is -2.35. The van der Waals surface area contributed by atoms with Crippen LogP contribution in [0.25, 0.3) is 0 Å². The number of benzene rings is 2. The number of carbonyl (C=O) groups excluding carboxylic acids is 1. The van der Waals surface area contributed by atoms with Crippen molar-refractivity contribution in [2.45, 2.75) is 26.1 Å². The third-order valence-electron chi connectivity index (χ3n) is 4.93. The molecule has 0 saturated carbocycles. The molecule has 2 N–H and O–H groups in total. The number of nitrogens with one attached hydrogen (secondary N) is 2. The van der Waals surface area contributed by atoms with Crippen molar-refractivity contribution in [3.63, 3.8) is 0 Å². The Morgan fingerprint density at radius 1 is 0.960 bits per heavy atom. The van der Waals surface area contributed by atoms with E-state index >= 15 is 0 Å². The molecule has 1 saturated heterocycles. The summed E-state index contributed by atoms with van der Waals surface area (Å²) in [6.45, 7) is 7.07. The van der Waals surface area contributed by atoms with Crippen molar-refractivity contribution in [3.8, 4) is 0 Å². The second-order valence-corrected chi connectivity index (χ2v) is 6.74. The number of hydrogen-bond donors (Lipinski definition) is 2. The fourth-order valence-electron chi connectivity index (χ4n) is 3.65. The SMILES string of the molecule is CCOC(=O)[C@H]1C[NH+](Cc2ccccc2)CC[NH+]1Cc1ccccc1. The summed E-state index contributed by atoms with van der Waals surface area (Å²) in [5.74, 6) is -0.0568. The topological polar surface area (TPSA) is 35.2 Å². The van der Waals surface area contributed by atoms with Crippen LogP contribution in [0.5, 0.6) is 0 Å². The fraction of sp³-hybridized carbons (Fsp3) is 0.381. The summed E-state index contributed by atoms with van der Waals surface area (Å²) in [7, 11) is 0. The first-order valence-corrected chi connectivity index (χ1v) is 9.19. The predicted molar refractivity (Wildman–Crippen MR) is 97.2 cm³/mol. The molecule has 0 spiro atoms. The van der Waals surface area contributed by atoms with Gasteiger partial charge >= 0.3 is 5.97 Å². The van der Waals surface area contributed by atoms with Crippen LogP contribution in [0.3, 0.4) is 0 Å². The zero-order valence-corrected chi connectivity index (χ0v) is 14.9. The Kier molecular flexibility index (Phi) is 6.20. The number of ether oxygens (including phenoxy) is 1. The van der Waals surface area contributed by atoms with Crippen LogP contribution in [-0.4, -0.2) is 38.3 Å². The van der Waals surface area contributed by atoms with Crippen LogP contribution in [0.1, 0.15) is 18.1 Å². The maximum Gasteiger partial charge on any atom is 0.371 e. The lowest BCUT2D eigenvalue weighted by Crippen LogP contribution is -3.30. The molecule has 132 valence electrons. The first kappa shape index (κ1) is 17.6. The van der Waals surface area contributed by atoms with Gasteiger partial charge in [0, 0.05) is 11.1 Å². The van der Waals surface area contributed by atoms with Crippen molar-refractivity contribution in [1.29, 1.82) is 0 Å². The van der Waals surface area contributed by atoms with E-state index in [0.717, 1.165) is 32.7 Å². The second-order valence-electron chi connectivity index (χ2n) is 6.74. The van der Waals surface area contributed by atoms with Gasteiger partial charge in [0.2, 0.25) is 6.04 Å².